The normalized spacial score (nSPS) is 11.1. The summed E-state index contributed by atoms with van der Waals surface area (Å²) >= 11 is 11.9. The number of furan rings is 1. The molecule has 3 rings (SSSR count). The number of hydrogen-bond acceptors (Lipinski definition) is 7. The summed E-state index contributed by atoms with van der Waals surface area (Å²) in [6.45, 7) is 3.81. The number of fused-ring (bicyclic) bond motifs is 1. The number of amides is 1. The molecule has 8 nitrogen and oxygen atoms in total. The largest absolute Gasteiger partial charge is 0.490 e. The van der Waals surface area contributed by atoms with Crippen LogP contribution in [-0.4, -0.2) is 37.9 Å². The molecule has 0 radical (unpaired) electrons. The zero-order chi connectivity index (χ0) is 24.0. The lowest BCUT2D eigenvalue weighted by Gasteiger charge is -2.14. The van der Waals surface area contributed by atoms with Gasteiger partial charge in [-0.3, -0.25) is 4.79 Å². The first-order chi connectivity index (χ1) is 15.8. The number of nitrogens with one attached hydrogen (secondary N) is 1. The zero-order valence-corrected chi connectivity index (χ0v) is 22.1. The minimum Gasteiger partial charge on any atom is -0.490 e. The highest BCUT2D eigenvalue weighted by atomic mass is 127. The van der Waals surface area contributed by atoms with E-state index in [2.05, 4.69) is 49.0 Å². The van der Waals surface area contributed by atoms with Crippen LogP contribution in [0, 0.1) is 3.57 Å². The summed E-state index contributed by atoms with van der Waals surface area (Å²) in [7, 11) is 0. The molecule has 0 unspecified atom stereocenters. The first kappa shape index (κ1) is 25.3. The molecular weight excluding hydrogens is 631 g/mol. The Hall–Kier alpha value is -2.31. The van der Waals surface area contributed by atoms with Crippen molar-refractivity contribution in [2.24, 2.45) is 5.10 Å². The van der Waals surface area contributed by atoms with E-state index in [4.69, 9.17) is 30.2 Å². The van der Waals surface area contributed by atoms with E-state index >= 15 is 0 Å². The number of hydrazone groups is 1. The van der Waals surface area contributed by atoms with Crippen molar-refractivity contribution in [2.45, 2.75) is 13.8 Å². The van der Waals surface area contributed by atoms with E-state index in [1.165, 1.54) is 6.21 Å². The second-order valence-corrected chi connectivity index (χ2v) is 8.96. The summed E-state index contributed by atoms with van der Waals surface area (Å²) in [5.74, 6) is -0.332. The molecule has 11 heteroatoms. The van der Waals surface area contributed by atoms with Crippen molar-refractivity contribution >= 4 is 79.2 Å². The van der Waals surface area contributed by atoms with Crippen molar-refractivity contribution in [3.8, 4) is 11.5 Å². The molecule has 0 saturated carbocycles. The van der Waals surface area contributed by atoms with Crippen LogP contribution in [-0.2, 0) is 9.53 Å². The SMILES string of the molecule is CCOC(=O)COc1c(Cl)cc(/C=N\NC(=O)c2cc3cc(Br)cc(I)c3o2)cc1OCC. The fraction of sp³-hybridized carbons (Fsp3) is 0.227. The van der Waals surface area contributed by atoms with Gasteiger partial charge in [0.05, 0.1) is 28.0 Å². The Morgan fingerprint density at radius 2 is 1.97 bits per heavy atom. The molecule has 174 valence electrons. The summed E-state index contributed by atoms with van der Waals surface area (Å²) in [4.78, 5) is 24.0. The van der Waals surface area contributed by atoms with Gasteiger partial charge < -0.3 is 18.6 Å². The maximum Gasteiger partial charge on any atom is 0.344 e. The van der Waals surface area contributed by atoms with Crippen LogP contribution < -0.4 is 14.9 Å². The first-order valence-corrected chi connectivity index (χ1v) is 12.0. The molecule has 0 aliphatic carbocycles. The average Bonchev–Trinajstić information content (AvgIpc) is 3.18. The average molecular weight is 650 g/mol. The van der Waals surface area contributed by atoms with Crippen molar-refractivity contribution < 1.29 is 28.2 Å². The fourth-order valence-electron chi connectivity index (χ4n) is 2.81. The Kier molecular flexibility index (Phi) is 8.98. The molecule has 0 saturated heterocycles. The van der Waals surface area contributed by atoms with E-state index in [0.717, 1.165) is 13.4 Å². The second kappa shape index (κ2) is 11.7. The molecule has 0 aliphatic rings. The van der Waals surface area contributed by atoms with Crippen molar-refractivity contribution in [3.05, 3.63) is 54.7 Å². The van der Waals surface area contributed by atoms with Gasteiger partial charge in [-0.2, -0.15) is 5.10 Å². The second-order valence-electron chi connectivity index (χ2n) is 6.47. The predicted molar refractivity (Wildman–Crippen MR) is 136 cm³/mol. The Bertz CT molecular complexity index is 1210. The third-order valence-corrected chi connectivity index (χ3v) is 5.65. The van der Waals surface area contributed by atoms with Gasteiger partial charge in [0.25, 0.3) is 0 Å². The maximum atomic E-state index is 12.4. The summed E-state index contributed by atoms with van der Waals surface area (Å²) in [5.41, 5.74) is 3.60. The molecule has 1 heterocycles. The first-order valence-electron chi connectivity index (χ1n) is 9.79. The monoisotopic (exact) mass is 648 g/mol. The van der Waals surface area contributed by atoms with Gasteiger partial charge in [-0.25, -0.2) is 10.2 Å². The molecule has 1 amide bonds. The highest BCUT2D eigenvalue weighted by Gasteiger charge is 2.16. The van der Waals surface area contributed by atoms with E-state index in [9.17, 15) is 9.59 Å². The number of hydrogen-bond donors (Lipinski definition) is 1. The maximum absolute atomic E-state index is 12.4. The third kappa shape index (κ3) is 6.61. The lowest BCUT2D eigenvalue weighted by atomic mass is 10.2. The number of halogens is 3. The highest BCUT2D eigenvalue weighted by Crippen LogP contribution is 2.36. The van der Waals surface area contributed by atoms with Crippen LogP contribution in [0.25, 0.3) is 11.0 Å². The molecule has 33 heavy (non-hydrogen) atoms. The van der Waals surface area contributed by atoms with E-state index in [-0.39, 0.29) is 29.7 Å². The van der Waals surface area contributed by atoms with E-state index in [1.807, 2.05) is 12.1 Å². The van der Waals surface area contributed by atoms with E-state index < -0.39 is 11.9 Å². The lowest BCUT2D eigenvalue weighted by Crippen LogP contribution is -2.17. The van der Waals surface area contributed by atoms with Crippen molar-refractivity contribution in [3.63, 3.8) is 0 Å². The number of carbonyl (C=O) groups excluding carboxylic acids is 2. The number of rotatable bonds is 9. The van der Waals surface area contributed by atoms with Crippen LogP contribution in [0.4, 0.5) is 0 Å². The molecule has 0 atom stereocenters. The Balaban J connectivity index is 1.73. The Morgan fingerprint density at radius 3 is 2.70 bits per heavy atom. The number of benzene rings is 2. The van der Waals surface area contributed by atoms with Crippen LogP contribution in [0.2, 0.25) is 5.02 Å². The van der Waals surface area contributed by atoms with Crippen LogP contribution >= 0.6 is 50.1 Å². The topological polar surface area (TPSA) is 99.4 Å². The Labute approximate surface area is 216 Å². The van der Waals surface area contributed by atoms with E-state index in [1.54, 1.807) is 32.0 Å². The highest BCUT2D eigenvalue weighted by molar-refractivity contribution is 14.1. The summed E-state index contributed by atoms with van der Waals surface area (Å²) < 4.78 is 23.3. The van der Waals surface area contributed by atoms with Gasteiger partial charge in [0, 0.05) is 9.86 Å². The number of carbonyl (C=O) groups is 2. The molecule has 1 N–H and O–H groups in total. The molecule has 1 aromatic heterocycles. The number of nitrogens with zero attached hydrogens (tertiary/aromatic N) is 1. The van der Waals surface area contributed by atoms with Gasteiger partial charge >= 0.3 is 11.9 Å². The molecule has 0 aliphatic heterocycles. The zero-order valence-electron chi connectivity index (χ0n) is 17.6. The van der Waals surface area contributed by atoms with Gasteiger partial charge in [-0.15, -0.1) is 0 Å². The third-order valence-electron chi connectivity index (χ3n) is 4.11. The molecule has 0 fully saturated rings. The van der Waals surface area contributed by atoms with Gasteiger partial charge in [0.1, 0.15) is 5.58 Å². The molecule has 2 aromatic carbocycles. The van der Waals surface area contributed by atoms with Crippen LogP contribution in [0.1, 0.15) is 30.0 Å². The van der Waals surface area contributed by atoms with Crippen LogP contribution in [0.15, 0.2) is 44.3 Å². The van der Waals surface area contributed by atoms with Crippen LogP contribution in [0.3, 0.4) is 0 Å². The van der Waals surface area contributed by atoms with Crippen molar-refractivity contribution in [1.29, 1.82) is 0 Å². The van der Waals surface area contributed by atoms with Crippen molar-refractivity contribution in [1.82, 2.24) is 5.43 Å². The summed E-state index contributed by atoms with van der Waals surface area (Å²) in [5, 5.41) is 4.99. The fourth-order valence-corrected chi connectivity index (χ4v) is 4.74. The van der Waals surface area contributed by atoms with Gasteiger partial charge in [0.15, 0.2) is 23.9 Å². The number of esters is 1. The summed E-state index contributed by atoms with van der Waals surface area (Å²) in [6.07, 6.45) is 1.41. The molecular formula is C22H19BrClIN2O6. The molecule has 0 bridgehead atoms. The number of ether oxygens (including phenoxy) is 3. The van der Waals surface area contributed by atoms with Gasteiger partial charge in [-0.1, -0.05) is 27.5 Å². The molecule has 0 spiro atoms. The smallest absolute Gasteiger partial charge is 0.344 e. The van der Waals surface area contributed by atoms with Crippen LogP contribution in [0.5, 0.6) is 11.5 Å². The quantitative estimate of drug-likeness (QED) is 0.141. The minimum atomic E-state index is -0.517. The Morgan fingerprint density at radius 1 is 1.18 bits per heavy atom. The van der Waals surface area contributed by atoms with E-state index in [0.29, 0.717) is 23.5 Å². The summed E-state index contributed by atoms with van der Waals surface area (Å²) in [6, 6.07) is 8.61. The minimum absolute atomic E-state index is 0.133. The lowest BCUT2D eigenvalue weighted by molar-refractivity contribution is -0.145. The van der Waals surface area contributed by atoms with Gasteiger partial charge in [0.2, 0.25) is 0 Å². The van der Waals surface area contributed by atoms with Crippen molar-refractivity contribution in [2.75, 3.05) is 19.8 Å². The predicted octanol–water partition coefficient (Wildman–Crippen LogP) is 5.56. The van der Waals surface area contributed by atoms with Gasteiger partial charge in [-0.05, 0) is 72.3 Å². The molecule has 3 aromatic rings. The standard InChI is InChI=1S/C22H19BrClIN2O6/c1-3-30-17-6-12(5-15(24)21(17)32-11-19(28)31-4-2)10-26-27-22(29)18-8-13-7-14(23)9-16(25)20(13)33-18/h5-10H,3-4,11H2,1-2H3,(H,27,29)/b26-10-.